The Hall–Kier alpha value is -3.17. The topological polar surface area (TPSA) is 80.3 Å². The molecule has 2 heterocycles. The second-order valence-corrected chi connectivity index (χ2v) is 10.9. The van der Waals surface area contributed by atoms with Crippen LogP contribution in [0.4, 0.5) is 0 Å². The Labute approximate surface area is 232 Å². The van der Waals surface area contributed by atoms with Gasteiger partial charge in [0.15, 0.2) is 10.7 Å². The predicted octanol–water partition coefficient (Wildman–Crippen LogP) is 5.89. The van der Waals surface area contributed by atoms with Gasteiger partial charge in [-0.2, -0.15) is 0 Å². The van der Waals surface area contributed by atoms with Crippen molar-refractivity contribution in [3.63, 3.8) is 0 Å². The summed E-state index contributed by atoms with van der Waals surface area (Å²) in [5.41, 5.74) is 0.897. The predicted molar refractivity (Wildman–Crippen MR) is 146 cm³/mol. The Morgan fingerprint density at radius 1 is 0.744 bits per heavy atom. The monoisotopic (exact) mass is 548 g/mol. The van der Waals surface area contributed by atoms with Crippen molar-refractivity contribution >= 4 is 23.7 Å². The number of esters is 2. The number of benzene rings is 3. The third-order valence-electron chi connectivity index (χ3n) is 7.06. The molecular formula is C31H32O7S. The van der Waals surface area contributed by atoms with E-state index < -0.39 is 41.0 Å². The summed E-state index contributed by atoms with van der Waals surface area (Å²) in [6.07, 6.45) is -0.479. The molecule has 0 radical (unpaired) electrons. The standard InChI is InChI=1S/C31H32O7S/c1-3-30(4-2)37-26-25(20-34-28(32)22-14-8-5-9-15-22)36-31(27(26)38-30,39-24-18-12-7-13-19-24)21-35-29(33)23-16-10-6-11-17-23/h5-19,25-27H,3-4,20-21H2,1-2H3/t25-,26-,27-,31+/m1/s1. The molecule has 204 valence electrons. The lowest BCUT2D eigenvalue weighted by Gasteiger charge is -2.35. The summed E-state index contributed by atoms with van der Waals surface area (Å²) in [6, 6.07) is 27.4. The first-order chi connectivity index (χ1) is 19.0. The molecule has 0 bridgehead atoms. The second-order valence-electron chi connectivity index (χ2n) is 9.53. The van der Waals surface area contributed by atoms with Crippen LogP contribution in [0.2, 0.25) is 0 Å². The first-order valence-corrected chi connectivity index (χ1v) is 14.0. The average Bonchev–Trinajstić information content (AvgIpc) is 3.52. The Bertz CT molecular complexity index is 1250. The number of carbonyl (C=O) groups is 2. The minimum Gasteiger partial charge on any atom is -0.459 e. The molecule has 0 spiro atoms. The highest BCUT2D eigenvalue weighted by molar-refractivity contribution is 8.00. The molecule has 8 heteroatoms. The van der Waals surface area contributed by atoms with Gasteiger partial charge < -0.3 is 23.7 Å². The van der Waals surface area contributed by atoms with E-state index in [-0.39, 0.29) is 13.2 Å². The summed E-state index contributed by atoms with van der Waals surface area (Å²) < 4.78 is 31.3. The van der Waals surface area contributed by atoms with E-state index in [0.29, 0.717) is 24.0 Å². The Morgan fingerprint density at radius 3 is 1.85 bits per heavy atom. The van der Waals surface area contributed by atoms with Crippen molar-refractivity contribution in [3.05, 3.63) is 102 Å². The lowest BCUT2D eigenvalue weighted by atomic mass is 10.1. The van der Waals surface area contributed by atoms with E-state index in [4.69, 9.17) is 23.7 Å². The Balaban J connectivity index is 1.43. The zero-order chi connectivity index (χ0) is 27.3. The first-order valence-electron chi connectivity index (χ1n) is 13.2. The Morgan fingerprint density at radius 2 is 1.28 bits per heavy atom. The summed E-state index contributed by atoms with van der Waals surface area (Å²) >= 11 is 1.42. The average molecular weight is 549 g/mol. The molecule has 2 aliphatic heterocycles. The molecule has 2 saturated heterocycles. The molecule has 2 aliphatic rings. The number of hydrogen-bond acceptors (Lipinski definition) is 8. The fourth-order valence-electron chi connectivity index (χ4n) is 4.90. The zero-order valence-electron chi connectivity index (χ0n) is 22.0. The smallest absolute Gasteiger partial charge is 0.338 e. The van der Waals surface area contributed by atoms with Crippen LogP contribution in [0.5, 0.6) is 0 Å². The van der Waals surface area contributed by atoms with Gasteiger partial charge in [-0.25, -0.2) is 9.59 Å². The molecule has 7 nitrogen and oxygen atoms in total. The first kappa shape index (κ1) is 27.4. The van der Waals surface area contributed by atoms with Crippen molar-refractivity contribution in [2.45, 2.75) is 60.6 Å². The summed E-state index contributed by atoms with van der Waals surface area (Å²) in [5, 5.41) is 0. The molecule has 5 rings (SSSR count). The van der Waals surface area contributed by atoms with Gasteiger partial charge in [0.25, 0.3) is 0 Å². The van der Waals surface area contributed by atoms with Crippen molar-refractivity contribution in [1.29, 1.82) is 0 Å². The lowest BCUT2D eigenvalue weighted by Crippen LogP contribution is -2.45. The number of ether oxygens (including phenoxy) is 5. The van der Waals surface area contributed by atoms with Crippen LogP contribution >= 0.6 is 11.8 Å². The molecule has 0 saturated carbocycles. The lowest BCUT2D eigenvalue weighted by molar-refractivity contribution is -0.222. The van der Waals surface area contributed by atoms with Crippen LogP contribution in [-0.4, -0.2) is 54.2 Å². The fourth-order valence-corrected chi connectivity index (χ4v) is 6.18. The molecule has 3 aromatic carbocycles. The quantitative estimate of drug-likeness (QED) is 0.290. The highest BCUT2D eigenvalue weighted by Gasteiger charge is 2.65. The maximum absolute atomic E-state index is 13.0. The summed E-state index contributed by atoms with van der Waals surface area (Å²) in [5.74, 6) is -1.72. The summed E-state index contributed by atoms with van der Waals surface area (Å²) in [7, 11) is 0. The summed E-state index contributed by atoms with van der Waals surface area (Å²) in [6.45, 7) is 3.90. The van der Waals surface area contributed by atoms with Crippen molar-refractivity contribution in [3.8, 4) is 0 Å². The van der Waals surface area contributed by atoms with Gasteiger partial charge in [-0.05, 0) is 49.2 Å². The van der Waals surface area contributed by atoms with Crippen LogP contribution in [0.3, 0.4) is 0 Å². The van der Waals surface area contributed by atoms with Gasteiger partial charge in [0.1, 0.15) is 31.5 Å². The maximum Gasteiger partial charge on any atom is 0.338 e. The molecule has 0 aliphatic carbocycles. The SMILES string of the molecule is CCC1(CC)O[C@H]2[C@@H](O1)[C@](COC(=O)c1ccccc1)(Sc1ccccc1)O[C@@H]2COC(=O)c1ccccc1. The van der Waals surface area contributed by atoms with E-state index in [1.807, 2.05) is 56.3 Å². The largest absolute Gasteiger partial charge is 0.459 e. The van der Waals surface area contributed by atoms with E-state index >= 15 is 0 Å². The van der Waals surface area contributed by atoms with E-state index in [0.717, 1.165) is 4.90 Å². The van der Waals surface area contributed by atoms with Gasteiger partial charge in [-0.3, -0.25) is 0 Å². The van der Waals surface area contributed by atoms with Crippen LogP contribution < -0.4 is 0 Å². The minimum absolute atomic E-state index is 0.0362. The second kappa shape index (κ2) is 11.9. The van der Waals surface area contributed by atoms with Crippen LogP contribution in [0.25, 0.3) is 0 Å². The third kappa shape index (κ3) is 5.89. The van der Waals surface area contributed by atoms with Gasteiger partial charge in [0.05, 0.1) is 11.1 Å². The van der Waals surface area contributed by atoms with Gasteiger partial charge in [-0.15, -0.1) is 0 Å². The molecule has 39 heavy (non-hydrogen) atoms. The minimum atomic E-state index is -1.13. The highest BCUT2D eigenvalue weighted by Crippen LogP contribution is 2.53. The van der Waals surface area contributed by atoms with Crippen LogP contribution in [0.15, 0.2) is 95.9 Å². The fraction of sp³-hybridized carbons (Fsp3) is 0.355. The van der Waals surface area contributed by atoms with Crippen molar-refractivity contribution < 1.29 is 33.3 Å². The molecule has 0 N–H and O–H groups in total. The van der Waals surface area contributed by atoms with Crippen LogP contribution in [0.1, 0.15) is 47.4 Å². The number of hydrogen-bond donors (Lipinski definition) is 0. The molecule has 4 atom stereocenters. The van der Waals surface area contributed by atoms with E-state index in [1.165, 1.54) is 11.8 Å². The number of thioether (sulfide) groups is 1. The van der Waals surface area contributed by atoms with E-state index in [1.54, 1.807) is 48.5 Å². The van der Waals surface area contributed by atoms with Crippen LogP contribution in [0, 0.1) is 0 Å². The number of rotatable bonds is 10. The maximum atomic E-state index is 13.0. The molecule has 0 aromatic heterocycles. The molecule has 0 amide bonds. The number of fused-ring (bicyclic) bond motifs is 1. The van der Waals surface area contributed by atoms with Gasteiger partial charge in [0.2, 0.25) is 0 Å². The molecule has 2 fully saturated rings. The van der Waals surface area contributed by atoms with Crippen LogP contribution in [-0.2, 0) is 23.7 Å². The van der Waals surface area contributed by atoms with Crippen molar-refractivity contribution in [1.82, 2.24) is 0 Å². The Kier molecular flexibility index (Phi) is 8.37. The van der Waals surface area contributed by atoms with Gasteiger partial charge in [0, 0.05) is 4.90 Å². The van der Waals surface area contributed by atoms with E-state index in [9.17, 15) is 9.59 Å². The zero-order valence-corrected chi connectivity index (χ0v) is 22.8. The molecule has 3 aromatic rings. The van der Waals surface area contributed by atoms with Crippen molar-refractivity contribution in [2.75, 3.05) is 13.2 Å². The molecule has 0 unspecified atom stereocenters. The highest BCUT2D eigenvalue weighted by atomic mass is 32.2. The van der Waals surface area contributed by atoms with Crippen molar-refractivity contribution in [2.24, 2.45) is 0 Å². The van der Waals surface area contributed by atoms with Gasteiger partial charge >= 0.3 is 11.9 Å². The summed E-state index contributed by atoms with van der Waals surface area (Å²) in [4.78, 5) is 25.5. The normalized spacial score (nSPS) is 25.1. The molecular weight excluding hydrogens is 516 g/mol. The number of carbonyl (C=O) groups excluding carboxylic acids is 2. The third-order valence-corrected chi connectivity index (χ3v) is 8.35. The van der Waals surface area contributed by atoms with E-state index in [2.05, 4.69) is 0 Å². The van der Waals surface area contributed by atoms with Gasteiger partial charge in [-0.1, -0.05) is 80.2 Å².